The lowest BCUT2D eigenvalue weighted by Gasteiger charge is -2.08. The molecule has 0 aliphatic carbocycles. The summed E-state index contributed by atoms with van der Waals surface area (Å²) in [5, 5.41) is 0. The normalized spacial score (nSPS) is 10.6. The van der Waals surface area contributed by atoms with Crippen molar-refractivity contribution in [2.24, 2.45) is 0 Å². The number of hydrogen-bond acceptors (Lipinski definition) is 2. The molecule has 0 aliphatic heterocycles. The van der Waals surface area contributed by atoms with Gasteiger partial charge in [0.15, 0.2) is 12.4 Å². The monoisotopic (exact) mass is 332 g/mol. The first-order valence-corrected chi connectivity index (χ1v) is 7.37. The molecule has 0 fully saturated rings. The highest BCUT2D eigenvalue weighted by Crippen LogP contribution is 2.19. The molecule has 0 aliphatic rings. The Balaban J connectivity index is 1.96. The zero-order valence-electron chi connectivity index (χ0n) is 11.6. The number of halogens is 1. The lowest BCUT2D eigenvalue weighted by molar-refractivity contribution is 0.0921. The van der Waals surface area contributed by atoms with E-state index in [1.165, 1.54) is 5.56 Å². The minimum Gasteiger partial charge on any atom is -0.485 e. The highest BCUT2D eigenvalue weighted by molar-refractivity contribution is 9.10. The summed E-state index contributed by atoms with van der Waals surface area (Å²) >= 11 is 3.35. The minimum atomic E-state index is -0.0285. The molecule has 2 aromatic rings. The molecule has 104 valence electrons. The van der Waals surface area contributed by atoms with Crippen LogP contribution in [0.15, 0.2) is 53.0 Å². The first kappa shape index (κ1) is 14.8. The van der Waals surface area contributed by atoms with Crippen molar-refractivity contribution in [1.82, 2.24) is 0 Å². The molecular formula is C17H17BrO2. The Morgan fingerprint density at radius 2 is 1.85 bits per heavy atom. The van der Waals surface area contributed by atoms with Gasteiger partial charge in [-0.1, -0.05) is 54.0 Å². The van der Waals surface area contributed by atoms with Gasteiger partial charge in [0.25, 0.3) is 0 Å². The van der Waals surface area contributed by atoms with E-state index < -0.39 is 0 Å². The predicted octanol–water partition coefficient (Wildman–Crippen LogP) is 4.83. The highest BCUT2D eigenvalue weighted by atomic mass is 79.9. The molecule has 20 heavy (non-hydrogen) atoms. The van der Waals surface area contributed by atoms with Gasteiger partial charge in [-0.25, -0.2) is 0 Å². The predicted molar refractivity (Wildman–Crippen MR) is 84.5 cm³/mol. The van der Waals surface area contributed by atoms with Crippen molar-refractivity contribution in [2.45, 2.75) is 19.8 Å². The maximum atomic E-state index is 12.0. The van der Waals surface area contributed by atoms with E-state index in [9.17, 15) is 4.79 Å². The van der Waals surface area contributed by atoms with Gasteiger partial charge >= 0.3 is 0 Å². The average molecular weight is 333 g/mol. The van der Waals surface area contributed by atoms with E-state index in [1.54, 1.807) is 12.1 Å². The van der Waals surface area contributed by atoms with Crippen LogP contribution in [0.3, 0.4) is 0 Å². The summed E-state index contributed by atoms with van der Waals surface area (Å²) in [5.74, 6) is 1.18. The van der Waals surface area contributed by atoms with Crippen molar-refractivity contribution in [3.63, 3.8) is 0 Å². The van der Waals surface area contributed by atoms with Crippen LogP contribution in [0.5, 0.6) is 5.75 Å². The number of benzene rings is 2. The number of ether oxygens (including phenoxy) is 1. The molecule has 0 amide bonds. The SMILES string of the molecule is CC(C)c1ccc(OCC(=O)c2cccc(Br)c2)cc1. The molecule has 0 spiro atoms. The van der Waals surface area contributed by atoms with Crippen LogP contribution in [-0.4, -0.2) is 12.4 Å². The number of carbonyl (C=O) groups is 1. The van der Waals surface area contributed by atoms with E-state index in [2.05, 4.69) is 29.8 Å². The number of ketones is 1. The molecule has 0 atom stereocenters. The van der Waals surface area contributed by atoms with E-state index in [-0.39, 0.29) is 12.4 Å². The van der Waals surface area contributed by atoms with Crippen molar-refractivity contribution in [3.05, 3.63) is 64.1 Å². The maximum Gasteiger partial charge on any atom is 0.200 e. The van der Waals surface area contributed by atoms with Crippen molar-refractivity contribution in [1.29, 1.82) is 0 Å². The van der Waals surface area contributed by atoms with Gasteiger partial charge < -0.3 is 4.74 Å². The van der Waals surface area contributed by atoms with Gasteiger partial charge in [0, 0.05) is 10.0 Å². The third-order valence-corrected chi connectivity index (χ3v) is 3.56. The molecule has 0 heterocycles. The molecule has 2 rings (SSSR count). The van der Waals surface area contributed by atoms with Crippen molar-refractivity contribution >= 4 is 21.7 Å². The summed E-state index contributed by atoms with van der Waals surface area (Å²) in [6.07, 6.45) is 0. The fourth-order valence-electron chi connectivity index (χ4n) is 1.84. The minimum absolute atomic E-state index is 0.0285. The van der Waals surface area contributed by atoms with Crippen LogP contribution in [0.1, 0.15) is 35.7 Å². The average Bonchev–Trinajstić information content (AvgIpc) is 2.45. The van der Waals surface area contributed by atoms with Crippen molar-refractivity contribution in [2.75, 3.05) is 6.61 Å². The van der Waals surface area contributed by atoms with Crippen molar-refractivity contribution in [3.8, 4) is 5.75 Å². The summed E-state index contributed by atoms with van der Waals surface area (Å²) in [6, 6.07) is 15.2. The zero-order chi connectivity index (χ0) is 14.5. The van der Waals surface area contributed by atoms with Crippen molar-refractivity contribution < 1.29 is 9.53 Å². The first-order valence-electron chi connectivity index (χ1n) is 6.58. The number of Topliss-reactive ketones (excluding diaryl/α,β-unsaturated/α-hetero) is 1. The highest BCUT2D eigenvalue weighted by Gasteiger charge is 2.07. The van der Waals surface area contributed by atoms with Gasteiger partial charge in [-0.3, -0.25) is 4.79 Å². The Morgan fingerprint density at radius 3 is 2.45 bits per heavy atom. The second kappa shape index (κ2) is 6.71. The van der Waals surface area contributed by atoms with Gasteiger partial charge in [0.2, 0.25) is 0 Å². The molecule has 0 bridgehead atoms. The lowest BCUT2D eigenvalue weighted by Crippen LogP contribution is -2.11. The van der Waals surface area contributed by atoms with E-state index in [0.717, 1.165) is 10.2 Å². The molecule has 2 nitrogen and oxygen atoms in total. The maximum absolute atomic E-state index is 12.0. The Labute approximate surface area is 127 Å². The van der Waals surface area contributed by atoms with E-state index in [0.29, 0.717) is 11.5 Å². The zero-order valence-corrected chi connectivity index (χ0v) is 13.2. The second-order valence-corrected chi connectivity index (χ2v) is 5.86. The largest absolute Gasteiger partial charge is 0.485 e. The van der Waals surface area contributed by atoms with Crippen LogP contribution in [0.2, 0.25) is 0 Å². The van der Waals surface area contributed by atoms with Gasteiger partial charge in [-0.15, -0.1) is 0 Å². The number of hydrogen-bond donors (Lipinski definition) is 0. The van der Waals surface area contributed by atoms with E-state index in [4.69, 9.17) is 4.74 Å². The molecule has 0 saturated heterocycles. The quantitative estimate of drug-likeness (QED) is 0.732. The number of carbonyl (C=O) groups excluding carboxylic acids is 1. The molecular weight excluding hydrogens is 316 g/mol. The van der Waals surface area contributed by atoms with Crippen LogP contribution < -0.4 is 4.74 Å². The van der Waals surface area contributed by atoms with Crippen LogP contribution in [0.25, 0.3) is 0 Å². The molecule has 0 unspecified atom stereocenters. The van der Waals surface area contributed by atoms with Crippen LogP contribution >= 0.6 is 15.9 Å². The standard InChI is InChI=1S/C17H17BrO2/c1-12(2)13-6-8-16(9-7-13)20-11-17(19)14-4-3-5-15(18)10-14/h3-10,12H,11H2,1-2H3. The summed E-state index contributed by atoms with van der Waals surface area (Å²) in [7, 11) is 0. The Morgan fingerprint density at radius 1 is 1.15 bits per heavy atom. The Bertz CT molecular complexity index is 588. The van der Waals surface area contributed by atoms with E-state index in [1.807, 2.05) is 36.4 Å². The third kappa shape index (κ3) is 3.94. The van der Waals surface area contributed by atoms with Crippen LogP contribution in [-0.2, 0) is 0 Å². The molecule has 0 N–H and O–H groups in total. The summed E-state index contributed by atoms with van der Waals surface area (Å²) in [4.78, 5) is 12.0. The fraction of sp³-hybridized carbons (Fsp3) is 0.235. The lowest BCUT2D eigenvalue weighted by atomic mass is 10.0. The second-order valence-electron chi connectivity index (χ2n) is 4.95. The Kier molecular flexibility index (Phi) is 4.96. The topological polar surface area (TPSA) is 26.3 Å². The van der Waals surface area contributed by atoms with Crippen LogP contribution in [0, 0.1) is 0 Å². The first-order chi connectivity index (χ1) is 9.56. The van der Waals surface area contributed by atoms with Gasteiger partial charge in [0.05, 0.1) is 0 Å². The summed E-state index contributed by atoms with van der Waals surface area (Å²) < 4.78 is 6.43. The smallest absolute Gasteiger partial charge is 0.200 e. The third-order valence-electron chi connectivity index (χ3n) is 3.06. The van der Waals surface area contributed by atoms with Gasteiger partial charge in [-0.05, 0) is 35.7 Å². The Hall–Kier alpha value is -1.61. The molecule has 0 aromatic heterocycles. The molecule has 2 aromatic carbocycles. The summed E-state index contributed by atoms with van der Waals surface area (Å²) in [6.45, 7) is 4.34. The van der Waals surface area contributed by atoms with Gasteiger partial charge in [-0.2, -0.15) is 0 Å². The molecule has 0 radical (unpaired) electrons. The van der Waals surface area contributed by atoms with E-state index >= 15 is 0 Å². The molecule has 0 saturated carbocycles. The number of rotatable bonds is 5. The fourth-order valence-corrected chi connectivity index (χ4v) is 2.24. The summed E-state index contributed by atoms with van der Waals surface area (Å²) in [5.41, 5.74) is 1.91. The van der Waals surface area contributed by atoms with Gasteiger partial charge in [0.1, 0.15) is 5.75 Å². The van der Waals surface area contributed by atoms with Crippen LogP contribution in [0.4, 0.5) is 0 Å². The molecule has 3 heteroatoms.